The van der Waals surface area contributed by atoms with Gasteiger partial charge in [-0.1, -0.05) is 30.8 Å². The molecule has 3 rings (SSSR count). The number of thioether (sulfide) groups is 1. The molecule has 0 aliphatic carbocycles. The second-order valence-electron chi connectivity index (χ2n) is 6.42. The number of anilines is 1. The van der Waals surface area contributed by atoms with Gasteiger partial charge in [-0.2, -0.15) is 0 Å². The Hall–Kier alpha value is -3.40. The first-order valence-electron chi connectivity index (χ1n) is 9.64. The van der Waals surface area contributed by atoms with Crippen LogP contribution in [0, 0.1) is 0 Å². The number of amides is 1. The molecule has 31 heavy (non-hydrogen) atoms. The Kier molecular flexibility index (Phi) is 7.60. The van der Waals surface area contributed by atoms with Crippen molar-refractivity contribution in [1.29, 1.82) is 0 Å². The highest BCUT2D eigenvalue weighted by Gasteiger charge is 2.18. The van der Waals surface area contributed by atoms with Gasteiger partial charge in [-0.05, 0) is 30.7 Å². The van der Waals surface area contributed by atoms with E-state index in [9.17, 15) is 4.79 Å². The second-order valence-corrected chi connectivity index (χ2v) is 7.37. The Morgan fingerprint density at radius 1 is 1.13 bits per heavy atom. The van der Waals surface area contributed by atoms with E-state index in [1.165, 1.54) is 16.4 Å². The van der Waals surface area contributed by atoms with E-state index in [1.807, 2.05) is 25.1 Å². The van der Waals surface area contributed by atoms with Crippen LogP contribution in [0.1, 0.15) is 13.3 Å². The van der Waals surface area contributed by atoms with Gasteiger partial charge >= 0.3 is 0 Å². The molecular weight excluding hydrogens is 418 g/mol. The minimum atomic E-state index is -0.205. The molecule has 0 aliphatic heterocycles. The summed E-state index contributed by atoms with van der Waals surface area (Å²) in [6.45, 7) is 2.60. The summed E-state index contributed by atoms with van der Waals surface area (Å²) in [5, 5.41) is 11.5. The number of aromatic nitrogens is 3. The van der Waals surface area contributed by atoms with E-state index in [2.05, 4.69) is 15.5 Å². The standard InChI is InChI=1S/C21H25N5O4S/c1-4-11-30-17-8-6-5-7-16(17)23-19(27)13-31-21-25-24-20(26(21)22)15-10-9-14(28-2)12-18(15)29-3/h5-10,12H,4,11,13,22H2,1-3H3,(H,23,27). The van der Waals surface area contributed by atoms with E-state index in [4.69, 9.17) is 20.1 Å². The molecule has 0 saturated heterocycles. The monoisotopic (exact) mass is 443 g/mol. The Morgan fingerprint density at radius 2 is 1.94 bits per heavy atom. The highest BCUT2D eigenvalue weighted by molar-refractivity contribution is 7.99. The van der Waals surface area contributed by atoms with Crippen molar-refractivity contribution < 1.29 is 19.0 Å². The molecule has 164 valence electrons. The first-order chi connectivity index (χ1) is 15.1. The van der Waals surface area contributed by atoms with Crippen LogP contribution in [0.5, 0.6) is 17.2 Å². The molecule has 1 aromatic heterocycles. The molecule has 2 aromatic carbocycles. The molecule has 9 nitrogen and oxygen atoms in total. The molecule has 0 atom stereocenters. The maximum absolute atomic E-state index is 12.5. The predicted molar refractivity (Wildman–Crippen MR) is 120 cm³/mol. The Balaban J connectivity index is 1.68. The summed E-state index contributed by atoms with van der Waals surface area (Å²) in [5.74, 6) is 8.34. The zero-order valence-electron chi connectivity index (χ0n) is 17.6. The zero-order chi connectivity index (χ0) is 22.2. The van der Waals surface area contributed by atoms with Gasteiger partial charge in [0.05, 0.1) is 37.8 Å². The van der Waals surface area contributed by atoms with E-state index in [-0.39, 0.29) is 11.7 Å². The van der Waals surface area contributed by atoms with Gasteiger partial charge in [0.25, 0.3) is 0 Å². The lowest BCUT2D eigenvalue weighted by Gasteiger charge is -2.12. The van der Waals surface area contributed by atoms with Gasteiger partial charge in [0.2, 0.25) is 11.1 Å². The molecule has 3 aromatic rings. The summed E-state index contributed by atoms with van der Waals surface area (Å²) in [6, 6.07) is 12.6. The molecule has 0 spiro atoms. The lowest BCUT2D eigenvalue weighted by molar-refractivity contribution is -0.113. The van der Waals surface area contributed by atoms with Crippen molar-refractivity contribution in [3.05, 3.63) is 42.5 Å². The minimum Gasteiger partial charge on any atom is -0.497 e. The fourth-order valence-corrected chi connectivity index (χ4v) is 3.42. The lowest BCUT2D eigenvalue weighted by Crippen LogP contribution is -2.17. The largest absolute Gasteiger partial charge is 0.497 e. The molecule has 0 saturated carbocycles. The van der Waals surface area contributed by atoms with Crippen LogP contribution in [-0.4, -0.2) is 47.4 Å². The number of rotatable bonds is 10. The summed E-state index contributed by atoms with van der Waals surface area (Å²) in [5.41, 5.74) is 1.29. The fourth-order valence-electron chi connectivity index (χ4n) is 2.77. The van der Waals surface area contributed by atoms with Gasteiger partial charge in [-0.15, -0.1) is 10.2 Å². The number of ether oxygens (including phenoxy) is 3. The number of hydrogen-bond donors (Lipinski definition) is 2. The van der Waals surface area contributed by atoms with Gasteiger partial charge in [-0.25, -0.2) is 4.68 Å². The van der Waals surface area contributed by atoms with Crippen molar-refractivity contribution in [1.82, 2.24) is 14.9 Å². The van der Waals surface area contributed by atoms with Crippen molar-refractivity contribution in [2.24, 2.45) is 0 Å². The SMILES string of the molecule is CCCOc1ccccc1NC(=O)CSc1nnc(-c2ccc(OC)cc2OC)n1N. The molecular formula is C21H25N5O4S. The fraction of sp³-hybridized carbons (Fsp3) is 0.286. The number of nitrogens with one attached hydrogen (secondary N) is 1. The van der Waals surface area contributed by atoms with Crippen LogP contribution in [0.2, 0.25) is 0 Å². The third-order valence-corrected chi connectivity index (χ3v) is 5.21. The molecule has 0 fully saturated rings. The maximum atomic E-state index is 12.5. The van der Waals surface area contributed by atoms with E-state index in [0.717, 1.165) is 6.42 Å². The number of nitrogens with zero attached hydrogens (tertiary/aromatic N) is 3. The molecule has 10 heteroatoms. The summed E-state index contributed by atoms with van der Waals surface area (Å²) in [6.07, 6.45) is 0.881. The first-order valence-corrected chi connectivity index (χ1v) is 10.6. The van der Waals surface area contributed by atoms with E-state index in [1.54, 1.807) is 38.5 Å². The summed E-state index contributed by atoms with van der Waals surface area (Å²) < 4.78 is 17.6. The molecule has 0 bridgehead atoms. The predicted octanol–water partition coefficient (Wildman–Crippen LogP) is 3.20. The topological polar surface area (TPSA) is 114 Å². The van der Waals surface area contributed by atoms with Gasteiger partial charge in [0.1, 0.15) is 17.2 Å². The van der Waals surface area contributed by atoms with E-state index in [0.29, 0.717) is 46.1 Å². The van der Waals surface area contributed by atoms with Crippen molar-refractivity contribution >= 4 is 23.4 Å². The molecule has 0 radical (unpaired) electrons. The second kappa shape index (κ2) is 10.6. The summed E-state index contributed by atoms with van der Waals surface area (Å²) in [7, 11) is 3.13. The van der Waals surface area contributed by atoms with Crippen molar-refractivity contribution in [3.8, 4) is 28.6 Å². The van der Waals surface area contributed by atoms with Gasteiger partial charge in [-0.3, -0.25) is 4.79 Å². The lowest BCUT2D eigenvalue weighted by atomic mass is 10.2. The van der Waals surface area contributed by atoms with Crippen LogP contribution in [0.25, 0.3) is 11.4 Å². The molecule has 1 amide bonds. The van der Waals surface area contributed by atoms with Crippen molar-refractivity contribution in [3.63, 3.8) is 0 Å². The van der Waals surface area contributed by atoms with Crippen LogP contribution in [0.15, 0.2) is 47.6 Å². The number of carbonyl (C=O) groups excluding carboxylic acids is 1. The molecule has 1 heterocycles. The molecule has 0 unspecified atom stereocenters. The van der Waals surface area contributed by atoms with Crippen LogP contribution in [0.4, 0.5) is 5.69 Å². The first kappa shape index (κ1) is 22.3. The van der Waals surface area contributed by atoms with Gasteiger partial charge in [0, 0.05) is 6.07 Å². The quantitative estimate of drug-likeness (QED) is 0.363. The Morgan fingerprint density at radius 3 is 2.68 bits per heavy atom. The number of benzene rings is 2. The van der Waals surface area contributed by atoms with Crippen LogP contribution < -0.4 is 25.4 Å². The number of hydrogen-bond acceptors (Lipinski definition) is 8. The normalized spacial score (nSPS) is 10.5. The van der Waals surface area contributed by atoms with Crippen LogP contribution in [-0.2, 0) is 4.79 Å². The zero-order valence-corrected chi connectivity index (χ0v) is 18.4. The average molecular weight is 444 g/mol. The third-order valence-electron chi connectivity index (χ3n) is 4.27. The van der Waals surface area contributed by atoms with Gasteiger partial charge in [0.15, 0.2) is 5.82 Å². The highest BCUT2D eigenvalue weighted by atomic mass is 32.2. The third kappa shape index (κ3) is 5.40. The maximum Gasteiger partial charge on any atom is 0.234 e. The number of nitrogen functional groups attached to an aromatic ring is 1. The smallest absolute Gasteiger partial charge is 0.234 e. The van der Waals surface area contributed by atoms with E-state index < -0.39 is 0 Å². The van der Waals surface area contributed by atoms with E-state index >= 15 is 0 Å². The molecule has 0 aliphatic rings. The Bertz CT molecular complexity index is 1040. The highest BCUT2D eigenvalue weighted by Crippen LogP contribution is 2.33. The van der Waals surface area contributed by atoms with Crippen molar-refractivity contribution in [2.45, 2.75) is 18.5 Å². The Labute approximate surface area is 184 Å². The number of nitrogens with two attached hydrogens (primary N) is 1. The summed E-state index contributed by atoms with van der Waals surface area (Å²) >= 11 is 1.18. The summed E-state index contributed by atoms with van der Waals surface area (Å²) in [4.78, 5) is 12.5. The average Bonchev–Trinajstić information content (AvgIpc) is 3.16. The number of carbonyl (C=O) groups is 1. The van der Waals surface area contributed by atoms with Crippen LogP contribution in [0.3, 0.4) is 0 Å². The number of methoxy groups -OCH3 is 2. The van der Waals surface area contributed by atoms with Crippen LogP contribution >= 0.6 is 11.8 Å². The van der Waals surface area contributed by atoms with Gasteiger partial charge < -0.3 is 25.4 Å². The minimum absolute atomic E-state index is 0.108. The number of para-hydroxylation sites is 2. The van der Waals surface area contributed by atoms with Crippen molar-refractivity contribution in [2.75, 3.05) is 37.7 Å². The molecule has 3 N–H and O–H groups in total.